The van der Waals surface area contributed by atoms with E-state index in [1.807, 2.05) is 31.1 Å². The maximum absolute atomic E-state index is 5.00. The first-order chi connectivity index (χ1) is 6.68. The van der Waals surface area contributed by atoms with Crippen molar-refractivity contribution >= 4 is 29.4 Å². The van der Waals surface area contributed by atoms with Crippen LogP contribution in [-0.4, -0.2) is 35.4 Å². The molecule has 0 atom stereocenters. The lowest BCUT2D eigenvalue weighted by atomic mass is 10.4. The molecule has 0 aromatic carbocycles. The molecule has 14 heavy (non-hydrogen) atoms. The number of aromatic nitrogens is 1. The van der Waals surface area contributed by atoms with Crippen LogP contribution in [-0.2, 0) is 0 Å². The zero-order valence-electron chi connectivity index (χ0n) is 8.14. The SMILES string of the molecule is CN(C)C=NC(=S)Nc1ccncc1. The maximum atomic E-state index is 5.00. The highest BCUT2D eigenvalue weighted by Crippen LogP contribution is 2.03. The lowest BCUT2D eigenvalue weighted by Gasteiger charge is -2.05. The van der Waals surface area contributed by atoms with E-state index in [1.165, 1.54) is 0 Å². The van der Waals surface area contributed by atoms with E-state index in [0.29, 0.717) is 5.11 Å². The summed E-state index contributed by atoms with van der Waals surface area (Å²) >= 11 is 5.00. The third kappa shape index (κ3) is 3.95. The molecule has 74 valence electrons. The number of thiocarbonyl (C=S) groups is 1. The highest BCUT2D eigenvalue weighted by atomic mass is 32.1. The van der Waals surface area contributed by atoms with Gasteiger partial charge in [0.1, 0.15) is 0 Å². The monoisotopic (exact) mass is 208 g/mol. The van der Waals surface area contributed by atoms with Crippen LogP contribution >= 0.6 is 12.2 Å². The van der Waals surface area contributed by atoms with E-state index in [1.54, 1.807) is 18.7 Å². The molecule has 4 nitrogen and oxygen atoms in total. The van der Waals surface area contributed by atoms with Gasteiger partial charge in [0.25, 0.3) is 0 Å². The topological polar surface area (TPSA) is 40.5 Å². The molecule has 1 rings (SSSR count). The molecule has 0 unspecified atom stereocenters. The van der Waals surface area contributed by atoms with Gasteiger partial charge in [-0.05, 0) is 24.4 Å². The minimum atomic E-state index is 0.435. The van der Waals surface area contributed by atoms with E-state index in [4.69, 9.17) is 12.2 Å². The van der Waals surface area contributed by atoms with Crippen LogP contribution in [0.25, 0.3) is 0 Å². The largest absolute Gasteiger partial charge is 0.369 e. The molecule has 0 radical (unpaired) electrons. The Balaban J connectivity index is 2.50. The maximum Gasteiger partial charge on any atom is 0.198 e. The Morgan fingerprint density at radius 1 is 1.50 bits per heavy atom. The molecule has 1 N–H and O–H groups in total. The van der Waals surface area contributed by atoms with Crippen molar-refractivity contribution in [1.29, 1.82) is 0 Å². The molecule has 1 heterocycles. The summed E-state index contributed by atoms with van der Waals surface area (Å²) in [4.78, 5) is 9.74. The molecular weight excluding hydrogens is 196 g/mol. The summed E-state index contributed by atoms with van der Waals surface area (Å²) in [6.07, 6.45) is 5.04. The van der Waals surface area contributed by atoms with E-state index in [2.05, 4.69) is 15.3 Å². The lowest BCUT2D eigenvalue weighted by Crippen LogP contribution is -2.12. The minimum absolute atomic E-state index is 0.435. The highest BCUT2D eigenvalue weighted by molar-refractivity contribution is 7.80. The van der Waals surface area contributed by atoms with Crippen LogP contribution in [0.5, 0.6) is 0 Å². The van der Waals surface area contributed by atoms with Crippen LogP contribution in [0.3, 0.4) is 0 Å². The summed E-state index contributed by atoms with van der Waals surface area (Å²) in [6, 6.07) is 3.66. The second-order valence-electron chi connectivity index (χ2n) is 2.87. The molecule has 0 bridgehead atoms. The fourth-order valence-corrected chi connectivity index (χ4v) is 0.924. The standard InChI is InChI=1S/C9H12N4S/c1-13(2)7-11-9(14)12-8-3-5-10-6-4-8/h3-7H,1-2H3,(H,10,12,14). The first-order valence-electron chi connectivity index (χ1n) is 4.10. The zero-order chi connectivity index (χ0) is 10.4. The average Bonchev–Trinajstić information content (AvgIpc) is 2.16. The lowest BCUT2D eigenvalue weighted by molar-refractivity contribution is 0.644. The molecule has 0 aliphatic heterocycles. The third-order valence-corrected chi connectivity index (χ3v) is 1.54. The third-order valence-electron chi connectivity index (χ3n) is 1.34. The van der Waals surface area contributed by atoms with Crippen molar-refractivity contribution in [2.75, 3.05) is 19.4 Å². The quantitative estimate of drug-likeness (QED) is 0.453. The molecule has 0 amide bonds. The Morgan fingerprint density at radius 3 is 2.71 bits per heavy atom. The molecule has 0 spiro atoms. The normalized spacial score (nSPS) is 10.1. The van der Waals surface area contributed by atoms with Gasteiger partial charge in [0, 0.05) is 32.2 Å². The summed E-state index contributed by atoms with van der Waals surface area (Å²) in [5.74, 6) is 0. The van der Waals surface area contributed by atoms with E-state index in [0.717, 1.165) is 5.69 Å². The number of aliphatic imine (C=N–C) groups is 1. The van der Waals surface area contributed by atoms with Gasteiger partial charge in [-0.25, -0.2) is 4.99 Å². The van der Waals surface area contributed by atoms with Crippen molar-refractivity contribution in [2.24, 2.45) is 4.99 Å². The van der Waals surface area contributed by atoms with Crippen LogP contribution in [0.15, 0.2) is 29.5 Å². The number of rotatable bonds is 2. The summed E-state index contributed by atoms with van der Waals surface area (Å²) in [7, 11) is 3.77. The van der Waals surface area contributed by atoms with Gasteiger partial charge >= 0.3 is 0 Å². The number of anilines is 1. The van der Waals surface area contributed by atoms with E-state index < -0.39 is 0 Å². The van der Waals surface area contributed by atoms with Crippen molar-refractivity contribution in [2.45, 2.75) is 0 Å². The Kier molecular flexibility index (Phi) is 4.00. The molecule has 0 aliphatic carbocycles. The summed E-state index contributed by atoms with van der Waals surface area (Å²) in [6.45, 7) is 0. The molecule has 0 fully saturated rings. The van der Waals surface area contributed by atoms with Crippen LogP contribution in [0.1, 0.15) is 0 Å². The second kappa shape index (κ2) is 5.29. The molecule has 0 aliphatic rings. The second-order valence-corrected chi connectivity index (χ2v) is 3.26. The van der Waals surface area contributed by atoms with Crippen LogP contribution < -0.4 is 5.32 Å². The van der Waals surface area contributed by atoms with E-state index in [9.17, 15) is 0 Å². The Bertz CT molecular complexity index is 321. The molecule has 0 saturated carbocycles. The van der Waals surface area contributed by atoms with E-state index in [-0.39, 0.29) is 0 Å². The van der Waals surface area contributed by atoms with Crippen molar-refractivity contribution in [3.63, 3.8) is 0 Å². The zero-order valence-corrected chi connectivity index (χ0v) is 8.95. The Labute approximate surface area is 88.7 Å². The summed E-state index contributed by atoms with van der Waals surface area (Å²) in [5.41, 5.74) is 0.890. The summed E-state index contributed by atoms with van der Waals surface area (Å²) in [5, 5.41) is 3.40. The smallest absolute Gasteiger partial charge is 0.198 e. The van der Waals surface area contributed by atoms with Crippen molar-refractivity contribution in [3.05, 3.63) is 24.5 Å². The number of nitrogens with zero attached hydrogens (tertiary/aromatic N) is 3. The first-order valence-corrected chi connectivity index (χ1v) is 4.51. The fourth-order valence-electron chi connectivity index (χ4n) is 0.759. The van der Waals surface area contributed by atoms with Crippen molar-refractivity contribution < 1.29 is 0 Å². The van der Waals surface area contributed by atoms with Gasteiger partial charge in [-0.1, -0.05) is 0 Å². The molecule has 1 aromatic heterocycles. The van der Waals surface area contributed by atoms with Gasteiger partial charge in [0.15, 0.2) is 5.11 Å². The van der Waals surface area contributed by atoms with E-state index >= 15 is 0 Å². The van der Waals surface area contributed by atoms with Gasteiger partial charge in [-0.3, -0.25) is 4.98 Å². The van der Waals surface area contributed by atoms with Gasteiger partial charge in [-0.2, -0.15) is 0 Å². The van der Waals surface area contributed by atoms with Gasteiger partial charge in [0.05, 0.1) is 6.34 Å². The Hall–Kier alpha value is -1.49. The van der Waals surface area contributed by atoms with Crippen LogP contribution in [0.4, 0.5) is 5.69 Å². The van der Waals surface area contributed by atoms with Gasteiger partial charge in [0.2, 0.25) is 0 Å². The van der Waals surface area contributed by atoms with Crippen LogP contribution in [0, 0.1) is 0 Å². The summed E-state index contributed by atoms with van der Waals surface area (Å²) < 4.78 is 0. The molecule has 0 saturated heterocycles. The highest BCUT2D eigenvalue weighted by Gasteiger charge is 1.92. The number of nitrogens with one attached hydrogen (secondary N) is 1. The van der Waals surface area contributed by atoms with Crippen LogP contribution in [0.2, 0.25) is 0 Å². The number of pyridine rings is 1. The predicted molar refractivity (Wildman–Crippen MR) is 62.6 cm³/mol. The Morgan fingerprint density at radius 2 is 2.14 bits per heavy atom. The van der Waals surface area contributed by atoms with Gasteiger partial charge < -0.3 is 10.2 Å². The minimum Gasteiger partial charge on any atom is -0.369 e. The average molecular weight is 208 g/mol. The number of hydrogen-bond donors (Lipinski definition) is 1. The first kappa shape index (κ1) is 10.6. The molecule has 5 heteroatoms. The number of hydrogen-bond acceptors (Lipinski definition) is 2. The molecular formula is C9H12N4S. The van der Waals surface area contributed by atoms with Crippen molar-refractivity contribution in [1.82, 2.24) is 9.88 Å². The van der Waals surface area contributed by atoms with Gasteiger partial charge in [-0.15, -0.1) is 0 Å². The molecule has 1 aromatic rings. The van der Waals surface area contributed by atoms with Crippen molar-refractivity contribution in [3.8, 4) is 0 Å². The predicted octanol–water partition coefficient (Wildman–Crippen LogP) is 1.37. The fraction of sp³-hybridized carbons (Fsp3) is 0.222.